The first-order valence-corrected chi connectivity index (χ1v) is 12.8. The van der Waals surface area contributed by atoms with Gasteiger partial charge < -0.3 is 16.0 Å². The van der Waals surface area contributed by atoms with Crippen LogP contribution in [-0.2, 0) is 9.59 Å². The number of anilines is 2. The van der Waals surface area contributed by atoms with Gasteiger partial charge in [-0.1, -0.05) is 54.1 Å². The molecule has 0 atom stereocenters. The molecule has 0 fully saturated rings. The predicted molar refractivity (Wildman–Crippen MR) is 152 cm³/mol. The summed E-state index contributed by atoms with van der Waals surface area (Å²) in [6.07, 6.45) is 4.86. The molecule has 0 bridgehead atoms. The average molecular weight is 523 g/mol. The van der Waals surface area contributed by atoms with Gasteiger partial charge in [0.1, 0.15) is 5.70 Å². The molecule has 38 heavy (non-hydrogen) atoms. The molecule has 190 valence electrons. The van der Waals surface area contributed by atoms with E-state index in [1.54, 1.807) is 73.1 Å². The molecule has 8 heteroatoms. The monoisotopic (exact) mass is 522 g/mol. The highest BCUT2D eigenvalue weighted by molar-refractivity contribution is 8.00. The number of pyridine rings is 1. The van der Waals surface area contributed by atoms with Crippen molar-refractivity contribution in [2.45, 2.75) is 11.8 Å². The van der Waals surface area contributed by atoms with Crippen LogP contribution in [0.2, 0.25) is 0 Å². The van der Waals surface area contributed by atoms with Crippen molar-refractivity contribution in [2.75, 3.05) is 16.4 Å². The quantitative estimate of drug-likeness (QED) is 0.198. The summed E-state index contributed by atoms with van der Waals surface area (Å²) in [5.41, 5.74) is 3.63. The highest BCUT2D eigenvalue weighted by atomic mass is 32.2. The third-order valence-corrected chi connectivity index (χ3v) is 6.34. The number of amides is 3. The first kappa shape index (κ1) is 26.4. The van der Waals surface area contributed by atoms with E-state index in [1.807, 2.05) is 43.3 Å². The number of aromatic nitrogens is 1. The molecule has 0 unspecified atom stereocenters. The van der Waals surface area contributed by atoms with Crippen molar-refractivity contribution in [3.8, 4) is 0 Å². The number of rotatable bonds is 9. The van der Waals surface area contributed by atoms with Crippen LogP contribution in [0.15, 0.2) is 114 Å². The third kappa shape index (κ3) is 7.91. The van der Waals surface area contributed by atoms with Crippen LogP contribution in [0.3, 0.4) is 0 Å². The van der Waals surface area contributed by atoms with E-state index in [2.05, 4.69) is 20.9 Å². The molecule has 3 N–H and O–H groups in total. The summed E-state index contributed by atoms with van der Waals surface area (Å²) in [6, 6.07) is 27.0. The van der Waals surface area contributed by atoms with E-state index in [0.29, 0.717) is 16.9 Å². The van der Waals surface area contributed by atoms with E-state index in [4.69, 9.17) is 0 Å². The van der Waals surface area contributed by atoms with Gasteiger partial charge in [-0.15, -0.1) is 11.8 Å². The van der Waals surface area contributed by atoms with Gasteiger partial charge in [-0.05, 0) is 61.0 Å². The van der Waals surface area contributed by atoms with Gasteiger partial charge in [0, 0.05) is 34.2 Å². The standard InChI is InChI=1S/C30H26N4O3S/c1-21-10-12-22(13-11-21)18-27(34-29(36)23-6-3-2-4-7-23)30(37)33-25-8-5-9-26(19-25)38-20-28(35)32-24-14-16-31-17-15-24/h2-19H,20H2,1H3,(H,33,37)(H,34,36)(H,31,32,35)/b27-18-. The Morgan fingerprint density at radius 1 is 0.816 bits per heavy atom. The Bertz CT molecular complexity index is 1440. The van der Waals surface area contributed by atoms with Gasteiger partial charge in [0.25, 0.3) is 11.8 Å². The maximum Gasteiger partial charge on any atom is 0.272 e. The van der Waals surface area contributed by atoms with Gasteiger partial charge in [-0.25, -0.2) is 0 Å². The van der Waals surface area contributed by atoms with Gasteiger partial charge in [0.05, 0.1) is 5.75 Å². The third-order valence-electron chi connectivity index (χ3n) is 5.34. The summed E-state index contributed by atoms with van der Waals surface area (Å²) < 4.78 is 0. The molecule has 0 radical (unpaired) electrons. The van der Waals surface area contributed by atoms with Crippen LogP contribution in [-0.4, -0.2) is 28.5 Å². The number of thioether (sulfide) groups is 1. The van der Waals surface area contributed by atoms with E-state index in [-0.39, 0.29) is 23.3 Å². The zero-order valence-corrected chi connectivity index (χ0v) is 21.5. The highest BCUT2D eigenvalue weighted by Crippen LogP contribution is 2.22. The second-order valence-electron chi connectivity index (χ2n) is 8.34. The summed E-state index contributed by atoms with van der Waals surface area (Å²) in [4.78, 5) is 43.1. The number of nitrogens with zero attached hydrogens (tertiary/aromatic N) is 1. The Labute approximate surface area is 225 Å². The number of benzene rings is 3. The zero-order valence-electron chi connectivity index (χ0n) is 20.7. The van der Waals surface area contributed by atoms with E-state index in [1.165, 1.54) is 11.8 Å². The van der Waals surface area contributed by atoms with Gasteiger partial charge >= 0.3 is 0 Å². The SMILES string of the molecule is Cc1ccc(/C=C(\NC(=O)c2ccccc2)C(=O)Nc2cccc(SCC(=O)Nc3ccncc3)c2)cc1. The van der Waals surface area contributed by atoms with Crippen molar-refractivity contribution in [2.24, 2.45) is 0 Å². The minimum absolute atomic E-state index is 0.109. The van der Waals surface area contributed by atoms with Crippen molar-refractivity contribution < 1.29 is 14.4 Å². The molecular weight excluding hydrogens is 496 g/mol. The smallest absolute Gasteiger partial charge is 0.272 e. The molecule has 4 rings (SSSR count). The molecule has 1 aromatic heterocycles. The second-order valence-corrected chi connectivity index (χ2v) is 9.39. The molecule has 0 aliphatic heterocycles. The molecule has 0 spiro atoms. The zero-order chi connectivity index (χ0) is 26.7. The largest absolute Gasteiger partial charge is 0.325 e. The number of hydrogen-bond acceptors (Lipinski definition) is 5. The molecule has 0 aliphatic carbocycles. The minimum Gasteiger partial charge on any atom is -0.325 e. The topological polar surface area (TPSA) is 100 Å². The fraction of sp³-hybridized carbons (Fsp3) is 0.0667. The minimum atomic E-state index is -0.465. The van der Waals surface area contributed by atoms with Crippen LogP contribution in [0, 0.1) is 6.92 Å². The van der Waals surface area contributed by atoms with Crippen LogP contribution in [0.5, 0.6) is 0 Å². The van der Waals surface area contributed by atoms with Crippen LogP contribution in [0.1, 0.15) is 21.5 Å². The van der Waals surface area contributed by atoms with Crippen molar-refractivity contribution in [1.29, 1.82) is 0 Å². The summed E-state index contributed by atoms with van der Waals surface area (Å²) in [5, 5.41) is 8.41. The Morgan fingerprint density at radius 2 is 1.55 bits per heavy atom. The van der Waals surface area contributed by atoms with Gasteiger partial charge in [-0.3, -0.25) is 19.4 Å². The Morgan fingerprint density at radius 3 is 2.29 bits per heavy atom. The lowest BCUT2D eigenvalue weighted by Crippen LogP contribution is -2.30. The number of nitrogens with one attached hydrogen (secondary N) is 3. The van der Waals surface area contributed by atoms with Crippen LogP contribution < -0.4 is 16.0 Å². The second kappa shape index (κ2) is 13.0. The maximum absolute atomic E-state index is 13.3. The molecule has 7 nitrogen and oxygen atoms in total. The summed E-state index contributed by atoms with van der Waals surface area (Å²) in [5.74, 6) is -0.801. The molecular formula is C30H26N4O3S. The molecule has 3 amide bonds. The Hall–Kier alpha value is -4.69. The van der Waals surface area contributed by atoms with Crippen molar-refractivity contribution in [1.82, 2.24) is 10.3 Å². The van der Waals surface area contributed by atoms with Crippen LogP contribution >= 0.6 is 11.8 Å². The fourth-order valence-corrected chi connectivity index (χ4v) is 4.17. The van der Waals surface area contributed by atoms with Gasteiger partial charge in [-0.2, -0.15) is 0 Å². The van der Waals surface area contributed by atoms with Crippen molar-refractivity contribution >= 4 is 46.9 Å². The molecule has 4 aromatic rings. The molecule has 1 heterocycles. The first-order chi connectivity index (χ1) is 18.5. The lowest BCUT2D eigenvalue weighted by atomic mass is 10.1. The Kier molecular flexibility index (Phi) is 9.04. The first-order valence-electron chi connectivity index (χ1n) is 11.8. The van der Waals surface area contributed by atoms with Crippen LogP contribution in [0.4, 0.5) is 11.4 Å². The number of carbonyl (C=O) groups is 3. The molecule has 0 saturated heterocycles. The fourth-order valence-electron chi connectivity index (χ4n) is 3.42. The van der Waals surface area contributed by atoms with E-state index >= 15 is 0 Å². The Balaban J connectivity index is 1.45. The summed E-state index contributed by atoms with van der Waals surface area (Å²) in [7, 11) is 0. The van der Waals surface area contributed by atoms with Crippen LogP contribution in [0.25, 0.3) is 6.08 Å². The molecule has 3 aromatic carbocycles. The van der Waals surface area contributed by atoms with E-state index in [0.717, 1.165) is 16.0 Å². The normalized spacial score (nSPS) is 10.9. The average Bonchev–Trinajstić information content (AvgIpc) is 2.94. The summed E-state index contributed by atoms with van der Waals surface area (Å²) in [6.45, 7) is 1.98. The van der Waals surface area contributed by atoms with Crippen molar-refractivity contribution in [3.05, 3.63) is 126 Å². The number of carbonyl (C=O) groups excluding carboxylic acids is 3. The number of hydrogen-bond donors (Lipinski definition) is 3. The van der Waals surface area contributed by atoms with Crippen molar-refractivity contribution in [3.63, 3.8) is 0 Å². The molecule has 0 aliphatic rings. The lowest BCUT2D eigenvalue weighted by molar-refractivity contribution is -0.114. The van der Waals surface area contributed by atoms with Gasteiger partial charge in [0.2, 0.25) is 5.91 Å². The molecule has 0 saturated carbocycles. The van der Waals surface area contributed by atoms with E-state index in [9.17, 15) is 14.4 Å². The lowest BCUT2D eigenvalue weighted by Gasteiger charge is -2.12. The highest BCUT2D eigenvalue weighted by Gasteiger charge is 2.15. The predicted octanol–water partition coefficient (Wildman–Crippen LogP) is 5.53. The number of aryl methyl sites for hydroxylation is 1. The van der Waals surface area contributed by atoms with E-state index < -0.39 is 5.91 Å². The van der Waals surface area contributed by atoms with Gasteiger partial charge in [0.15, 0.2) is 0 Å². The summed E-state index contributed by atoms with van der Waals surface area (Å²) >= 11 is 1.35. The maximum atomic E-state index is 13.3.